The Kier molecular flexibility index (Phi) is 6.53. The number of carbonyl (C=O) groups is 2. The molecule has 0 aliphatic carbocycles. The summed E-state index contributed by atoms with van der Waals surface area (Å²) >= 11 is 0. The molecule has 0 bridgehead atoms. The van der Waals surface area contributed by atoms with E-state index in [0.29, 0.717) is 41.5 Å². The van der Waals surface area contributed by atoms with Crippen molar-refractivity contribution in [2.24, 2.45) is 0 Å². The highest BCUT2D eigenvalue weighted by atomic mass is 16.5. The molecule has 2 aromatic carbocycles. The Morgan fingerprint density at radius 3 is 2.36 bits per heavy atom. The summed E-state index contributed by atoms with van der Waals surface area (Å²) in [5.41, 5.74) is 1.46. The van der Waals surface area contributed by atoms with E-state index in [1.54, 1.807) is 36.4 Å². The minimum absolute atomic E-state index is 0.0462. The van der Waals surface area contributed by atoms with Crippen molar-refractivity contribution >= 4 is 17.5 Å². The van der Waals surface area contributed by atoms with Crippen LogP contribution in [-0.2, 0) is 0 Å². The summed E-state index contributed by atoms with van der Waals surface area (Å²) in [6, 6.07) is 12.2. The predicted molar refractivity (Wildman–Crippen MR) is 108 cm³/mol. The van der Waals surface area contributed by atoms with Crippen LogP contribution in [0.15, 0.2) is 42.5 Å². The third-order valence-electron chi connectivity index (χ3n) is 4.60. The number of nitrogens with one attached hydrogen (secondary N) is 1. The number of ether oxygens (including phenoxy) is 2. The molecule has 6 nitrogen and oxygen atoms in total. The van der Waals surface area contributed by atoms with E-state index in [9.17, 15) is 9.59 Å². The number of amides is 2. The number of anilines is 1. The van der Waals surface area contributed by atoms with Gasteiger partial charge in [0.2, 0.25) is 0 Å². The standard InChI is InChI=1S/C22H26N2O4/c1-3-27-19-12-11-16(15-20(19)28-4-2)21(25)23-18-10-6-5-9-17(18)22(26)24-13-7-8-14-24/h5-6,9-12,15H,3-4,7-8,13-14H2,1-2H3,(H,23,25). The molecule has 2 amide bonds. The highest BCUT2D eigenvalue weighted by molar-refractivity contribution is 6.09. The number of nitrogens with zero attached hydrogens (tertiary/aromatic N) is 1. The first-order chi connectivity index (χ1) is 13.6. The molecule has 1 N–H and O–H groups in total. The molecule has 0 spiro atoms. The number of likely N-dealkylation sites (tertiary alicyclic amines) is 1. The van der Waals surface area contributed by atoms with E-state index in [4.69, 9.17) is 9.47 Å². The molecule has 1 aliphatic heterocycles. The molecule has 1 fully saturated rings. The van der Waals surface area contributed by atoms with Gasteiger partial charge >= 0.3 is 0 Å². The first kappa shape index (κ1) is 19.7. The van der Waals surface area contributed by atoms with Crippen LogP contribution in [-0.4, -0.2) is 43.0 Å². The number of rotatable bonds is 7. The molecule has 0 aromatic heterocycles. The van der Waals surface area contributed by atoms with Crippen molar-refractivity contribution in [3.8, 4) is 11.5 Å². The number of para-hydroxylation sites is 1. The lowest BCUT2D eigenvalue weighted by molar-refractivity contribution is 0.0794. The molecule has 0 radical (unpaired) electrons. The van der Waals surface area contributed by atoms with E-state index < -0.39 is 0 Å². The maximum absolute atomic E-state index is 12.8. The molecular formula is C22H26N2O4. The van der Waals surface area contributed by atoms with E-state index in [0.717, 1.165) is 25.9 Å². The maximum atomic E-state index is 12.8. The second-order valence-corrected chi connectivity index (χ2v) is 6.53. The van der Waals surface area contributed by atoms with Gasteiger partial charge in [-0.2, -0.15) is 0 Å². The van der Waals surface area contributed by atoms with Gasteiger partial charge in [0.25, 0.3) is 11.8 Å². The minimum atomic E-state index is -0.300. The van der Waals surface area contributed by atoms with Gasteiger partial charge in [-0.1, -0.05) is 12.1 Å². The van der Waals surface area contributed by atoms with Gasteiger partial charge in [-0.05, 0) is 57.0 Å². The Hall–Kier alpha value is -3.02. The zero-order valence-electron chi connectivity index (χ0n) is 16.4. The Bertz CT molecular complexity index is 844. The number of hydrogen-bond acceptors (Lipinski definition) is 4. The summed E-state index contributed by atoms with van der Waals surface area (Å²) in [6.45, 7) is 6.28. The van der Waals surface area contributed by atoms with Crippen molar-refractivity contribution in [1.82, 2.24) is 4.90 Å². The maximum Gasteiger partial charge on any atom is 0.255 e. The predicted octanol–water partition coefficient (Wildman–Crippen LogP) is 3.97. The Labute approximate surface area is 165 Å². The highest BCUT2D eigenvalue weighted by Crippen LogP contribution is 2.29. The van der Waals surface area contributed by atoms with Gasteiger partial charge in [-0.25, -0.2) is 0 Å². The van der Waals surface area contributed by atoms with Crippen LogP contribution in [0.4, 0.5) is 5.69 Å². The Morgan fingerprint density at radius 1 is 0.964 bits per heavy atom. The zero-order chi connectivity index (χ0) is 19.9. The molecule has 3 rings (SSSR count). The lowest BCUT2D eigenvalue weighted by Gasteiger charge is -2.18. The van der Waals surface area contributed by atoms with Crippen molar-refractivity contribution in [2.45, 2.75) is 26.7 Å². The first-order valence-electron chi connectivity index (χ1n) is 9.73. The van der Waals surface area contributed by atoms with Gasteiger partial charge < -0.3 is 19.7 Å². The summed E-state index contributed by atoms with van der Waals surface area (Å²) in [5, 5.41) is 2.87. The zero-order valence-corrected chi connectivity index (χ0v) is 16.4. The lowest BCUT2D eigenvalue weighted by atomic mass is 10.1. The van der Waals surface area contributed by atoms with E-state index in [2.05, 4.69) is 5.32 Å². The normalized spacial score (nSPS) is 13.3. The highest BCUT2D eigenvalue weighted by Gasteiger charge is 2.22. The van der Waals surface area contributed by atoms with E-state index in [1.165, 1.54) is 0 Å². The average Bonchev–Trinajstić information content (AvgIpc) is 3.24. The molecule has 1 aliphatic rings. The Morgan fingerprint density at radius 2 is 1.64 bits per heavy atom. The topological polar surface area (TPSA) is 67.9 Å². The number of carbonyl (C=O) groups excluding carboxylic acids is 2. The van der Waals surface area contributed by atoms with Crippen LogP contribution < -0.4 is 14.8 Å². The fraction of sp³-hybridized carbons (Fsp3) is 0.364. The van der Waals surface area contributed by atoms with Gasteiger partial charge in [0.1, 0.15) is 0 Å². The van der Waals surface area contributed by atoms with E-state index in [-0.39, 0.29) is 11.8 Å². The van der Waals surface area contributed by atoms with Crippen LogP contribution in [0.25, 0.3) is 0 Å². The van der Waals surface area contributed by atoms with Crippen molar-refractivity contribution in [1.29, 1.82) is 0 Å². The molecule has 148 valence electrons. The SMILES string of the molecule is CCOc1ccc(C(=O)Nc2ccccc2C(=O)N2CCCC2)cc1OCC. The summed E-state index contributed by atoms with van der Waals surface area (Å²) in [4.78, 5) is 27.4. The van der Waals surface area contributed by atoms with Crippen LogP contribution in [0.5, 0.6) is 11.5 Å². The van der Waals surface area contributed by atoms with Crippen LogP contribution in [0.2, 0.25) is 0 Å². The summed E-state index contributed by atoms with van der Waals surface area (Å²) in [6.07, 6.45) is 2.04. The fourth-order valence-corrected chi connectivity index (χ4v) is 3.26. The third kappa shape index (κ3) is 4.44. The van der Waals surface area contributed by atoms with Crippen molar-refractivity contribution in [3.63, 3.8) is 0 Å². The van der Waals surface area contributed by atoms with Gasteiger partial charge in [-0.15, -0.1) is 0 Å². The van der Waals surface area contributed by atoms with Crippen LogP contribution in [0.1, 0.15) is 47.4 Å². The average molecular weight is 382 g/mol. The van der Waals surface area contributed by atoms with Gasteiger partial charge in [0, 0.05) is 18.7 Å². The van der Waals surface area contributed by atoms with E-state index >= 15 is 0 Å². The number of hydrogen-bond donors (Lipinski definition) is 1. The summed E-state index contributed by atoms with van der Waals surface area (Å²) in [5.74, 6) is 0.782. The summed E-state index contributed by atoms with van der Waals surface area (Å²) in [7, 11) is 0. The third-order valence-corrected chi connectivity index (χ3v) is 4.60. The quantitative estimate of drug-likeness (QED) is 0.787. The summed E-state index contributed by atoms with van der Waals surface area (Å²) < 4.78 is 11.1. The second-order valence-electron chi connectivity index (χ2n) is 6.53. The lowest BCUT2D eigenvalue weighted by Crippen LogP contribution is -2.28. The van der Waals surface area contributed by atoms with Crippen molar-refractivity contribution in [3.05, 3.63) is 53.6 Å². The molecule has 0 unspecified atom stereocenters. The van der Waals surface area contributed by atoms with Crippen LogP contribution in [0.3, 0.4) is 0 Å². The van der Waals surface area contributed by atoms with Crippen LogP contribution in [0, 0.1) is 0 Å². The largest absolute Gasteiger partial charge is 0.490 e. The molecule has 0 atom stereocenters. The first-order valence-corrected chi connectivity index (χ1v) is 9.73. The van der Waals surface area contributed by atoms with Crippen molar-refractivity contribution < 1.29 is 19.1 Å². The molecule has 0 saturated carbocycles. The second kappa shape index (κ2) is 9.26. The minimum Gasteiger partial charge on any atom is -0.490 e. The van der Waals surface area contributed by atoms with Gasteiger partial charge in [-0.3, -0.25) is 9.59 Å². The molecule has 1 heterocycles. The Balaban J connectivity index is 1.81. The molecule has 2 aromatic rings. The smallest absolute Gasteiger partial charge is 0.255 e. The van der Waals surface area contributed by atoms with E-state index in [1.807, 2.05) is 24.8 Å². The number of benzene rings is 2. The molecule has 28 heavy (non-hydrogen) atoms. The van der Waals surface area contributed by atoms with Gasteiger partial charge in [0.15, 0.2) is 11.5 Å². The van der Waals surface area contributed by atoms with Gasteiger partial charge in [0.05, 0.1) is 24.5 Å². The van der Waals surface area contributed by atoms with Crippen LogP contribution >= 0.6 is 0 Å². The fourth-order valence-electron chi connectivity index (χ4n) is 3.26. The molecular weight excluding hydrogens is 356 g/mol. The molecule has 1 saturated heterocycles. The monoisotopic (exact) mass is 382 g/mol. The van der Waals surface area contributed by atoms with Crippen molar-refractivity contribution in [2.75, 3.05) is 31.6 Å². The molecule has 6 heteroatoms.